The van der Waals surface area contributed by atoms with Gasteiger partial charge in [0.25, 0.3) is 0 Å². The van der Waals surface area contributed by atoms with Crippen LogP contribution in [0.1, 0.15) is 13.8 Å². The summed E-state index contributed by atoms with van der Waals surface area (Å²) in [4.78, 5) is 24.0. The van der Waals surface area contributed by atoms with Gasteiger partial charge in [0.2, 0.25) is 6.08 Å². The van der Waals surface area contributed by atoms with E-state index in [1.54, 1.807) is 13.8 Å². The maximum absolute atomic E-state index is 10.8. The summed E-state index contributed by atoms with van der Waals surface area (Å²) in [5, 5.41) is 0. The number of isocyanates is 1. The van der Waals surface area contributed by atoms with Crippen molar-refractivity contribution in [2.45, 2.75) is 19.9 Å². The molecule has 0 fully saturated rings. The smallest absolute Gasteiger partial charge is 0.310 e. The first-order valence-electron chi connectivity index (χ1n) is 3.28. The van der Waals surface area contributed by atoms with E-state index in [1.807, 2.05) is 0 Å². The Morgan fingerprint density at radius 1 is 1.55 bits per heavy atom. The van der Waals surface area contributed by atoms with Crippen molar-refractivity contribution in [2.24, 2.45) is 10.9 Å². The van der Waals surface area contributed by atoms with Gasteiger partial charge in [0.1, 0.15) is 0 Å². The van der Waals surface area contributed by atoms with Gasteiger partial charge in [0, 0.05) is 0 Å². The molecule has 2 atom stereocenters. The molecule has 0 aromatic rings. The van der Waals surface area contributed by atoms with Crippen LogP contribution < -0.4 is 0 Å². The molecule has 4 heteroatoms. The van der Waals surface area contributed by atoms with Crippen molar-refractivity contribution < 1.29 is 14.3 Å². The van der Waals surface area contributed by atoms with Gasteiger partial charge in [-0.2, -0.15) is 0 Å². The summed E-state index contributed by atoms with van der Waals surface area (Å²) in [6.45, 7) is 3.31. The molecule has 0 aliphatic heterocycles. The van der Waals surface area contributed by atoms with Crippen molar-refractivity contribution >= 4 is 12.0 Å². The van der Waals surface area contributed by atoms with Crippen molar-refractivity contribution in [3.8, 4) is 0 Å². The maximum atomic E-state index is 10.8. The Balaban J connectivity index is 4.11. The molecule has 0 heterocycles. The zero-order valence-corrected chi connectivity index (χ0v) is 6.83. The zero-order chi connectivity index (χ0) is 8.85. The first-order valence-corrected chi connectivity index (χ1v) is 3.28. The lowest BCUT2D eigenvalue weighted by molar-refractivity contribution is -0.145. The van der Waals surface area contributed by atoms with Gasteiger partial charge in [0.05, 0.1) is 19.1 Å². The van der Waals surface area contributed by atoms with E-state index in [0.29, 0.717) is 0 Å². The highest BCUT2D eigenvalue weighted by Crippen LogP contribution is 2.07. The van der Waals surface area contributed by atoms with Crippen LogP contribution in [0.25, 0.3) is 0 Å². The third-order valence-corrected chi connectivity index (χ3v) is 1.55. The molecule has 62 valence electrons. The van der Waals surface area contributed by atoms with Crippen LogP contribution >= 0.6 is 0 Å². The van der Waals surface area contributed by atoms with E-state index >= 15 is 0 Å². The van der Waals surface area contributed by atoms with E-state index in [9.17, 15) is 9.59 Å². The highest BCUT2D eigenvalue weighted by atomic mass is 16.5. The summed E-state index contributed by atoms with van der Waals surface area (Å²) in [6.07, 6.45) is 1.39. The summed E-state index contributed by atoms with van der Waals surface area (Å²) in [5.41, 5.74) is 0. The maximum Gasteiger partial charge on any atom is 0.310 e. The molecule has 0 spiro atoms. The number of carbonyl (C=O) groups is 1. The fraction of sp³-hybridized carbons (Fsp3) is 0.714. The number of ether oxygens (including phenoxy) is 1. The number of methoxy groups -OCH3 is 1. The summed E-state index contributed by atoms with van der Waals surface area (Å²) < 4.78 is 4.45. The van der Waals surface area contributed by atoms with Gasteiger partial charge in [0.15, 0.2) is 0 Å². The molecule has 0 saturated heterocycles. The van der Waals surface area contributed by atoms with Crippen LogP contribution in [0.5, 0.6) is 0 Å². The van der Waals surface area contributed by atoms with E-state index in [0.717, 1.165) is 0 Å². The monoisotopic (exact) mass is 157 g/mol. The molecule has 2 unspecified atom stereocenters. The standard InChI is InChI=1S/C7H11NO3/c1-5(7(10)11-3)6(2)8-4-9/h5-6H,1-3H3. The average Bonchev–Trinajstić information content (AvgIpc) is 2.02. The molecule has 0 aliphatic rings. The van der Waals surface area contributed by atoms with Gasteiger partial charge in [-0.3, -0.25) is 4.79 Å². The highest BCUT2D eigenvalue weighted by molar-refractivity contribution is 5.72. The van der Waals surface area contributed by atoms with Crippen molar-refractivity contribution in [1.29, 1.82) is 0 Å². The Hall–Kier alpha value is -1.15. The van der Waals surface area contributed by atoms with Crippen molar-refractivity contribution in [1.82, 2.24) is 0 Å². The molecule has 0 aromatic carbocycles. The number of hydrogen-bond acceptors (Lipinski definition) is 4. The number of aliphatic imine (C=N–C) groups is 1. The lowest BCUT2D eigenvalue weighted by Gasteiger charge is -2.10. The zero-order valence-electron chi connectivity index (χ0n) is 6.83. The van der Waals surface area contributed by atoms with Crippen LogP contribution in [0.15, 0.2) is 4.99 Å². The Morgan fingerprint density at radius 2 is 2.09 bits per heavy atom. The summed E-state index contributed by atoms with van der Waals surface area (Å²) in [6, 6.07) is -0.361. The number of rotatable bonds is 3. The van der Waals surface area contributed by atoms with E-state index < -0.39 is 0 Å². The number of esters is 1. The Morgan fingerprint density at radius 3 is 2.45 bits per heavy atom. The molecule has 4 nitrogen and oxygen atoms in total. The summed E-state index contributed by atoms with van der Waals surface area (Å²) in [7, 11) is 1.30. The molecule has 0 rings (SSSR count). The van der Waals surface area contributed by atoms with Gasteiger partial charge in [-0.05, 0) is 13.8 Å². The topological polar surface area (TPSA) is 55.7 Å². The molecule has 0 aliphatic carbocycles. The molecule has 0 radical (unpaired) electrons. The minimum absolute atomic E-state index is 0.361. The van der Waals surface area contributed by atoms with Gasteiger partial charge < -0.3 is 4.74 Å². The van der Waals surface area contributed by atoms with Crippen LogP contribution in [0.2, 0.25) is 0 Å². The number of nitrogens with zero attached hydrogens (tertiary/aromatic N) is 1. The molecule has 0 saturated carbocycles. The van der Waals surface area contributed by atoms with E-state index in [4.69, 9.17) is 0 Å². The largest absolute Gasteiger partial charge is 0.469 e. The molecule has 0 amide bonds. The Bertz CT molecular complexity index is 184. The van der Waals surface area contributed by atoms with Crippen molar-refractivity contribution in [3.05, 3.63) is 0 Å². The first kappa shape index (κ1) is 9.85. The lowest BCUT2D eigenvalue weighted by Crippen LogP contribution is -2.22. The minimum Gasteiger partial charge on any atom is -0.469 e. The predicted molar refractivity (Wildman–Crippen MR) is 38.8 cm³/mol. The van der Waals surface area contributed by atoms with E-state index in [-0.39, 0.29) is 17.9 Å². The Kier molecular flexibility index (Phi) is 4.15. The van der Waals surface area contributed by atoms with Crippen molar-refractivity contribution in [3.63, 3.8) is 0 Å². The first-order chi connectivity index (χ1) is 5.13. The fourth-order valence-corrected chi connectivity index (χ4v) is 0.578. The second-order valence-electron chi connectivity index (χ2n) is 2.27. The second kappa shape index (κ2) is 4.63. The third kappa shape index (κ3) is 2.96. The quantitative estimate of drug-likeness (QED) is 0.341. The molecular weight excluding hydrogens is 146 g/mol. The summed E-state index contributed by atoms with van der Waals surface area (Å²) >= 11 is 0. The van der Waals surface area contributed by atoms with E-state index in [1.165, 1.54) is 13.2 Å². The lowest BCUT2D eigenvalue weighted by atomic mass is 10.1. The highest BCUT2D eigenvalue weighted by Gasteiger charge is 2.19. The van der Waals surface area contributed by atoms with Crippen LogP contribution in [-0.4, -0.2) is 25.2 Å². The minimum atomic E-state index is -0.388. The second-order valence-corrected chi connectivity index (χ2v) is 2.27. The van der Waals surface area contributed by atoms with Crippen molar-refractivity contribution in [2.75, 3.05) is 7.11 Å². The van der Waals surface area contributed by atoms with Gasteiger partial charge in [-0.25, -0.2) is 9.79 Å². The Labute approximate surface area is 65.3 Å². The third-order valence-electron chi connectivity index (χ3n) is 1.55. The molecule has 11 heavy (non-hydrogen) atoms. The number of carbonyl (C=O) groups excluding carboxylic acids is 2. The van der Waals surface area contributed by atoms with Crippen LogP contribution in [0, 0.1) is 5.92 Å². The van der Waals surface area contributed by atoms with Crippen LogP contribution in [0.4, 0.5) is 0 Å². The molecule has 0 N–H and O–H groups in total. The van der Waals surface area contributed by atoms with Gasteiger partial charge in [-0.1, -0.05) is 0 Å². The van der Waals surface area contributed by atoms with Crippen LogP contribution in [0.3, 0.4) is 0 Å². The van der Waals surface area contributed by atoms with E-state index in [2.05, 4.69) is 9.73 Å². The molecular formula is C7H11NO3. The average molecular weight is 157 g/mol. The fourth-order valence-electron chi connectivity index (χ4n) is 0.578. The molecule has 0 bridgehead atoms. The van der Waals surface area contributed by atoms with Gasteiger partial charge >= 0.3 is 5.97 Å². The molecule has 0 aromatic heterocycles. The van der Waals surface area contributed by atoms with Crippen LogP contribution in [-0.2, 0) is 14.3 Å². The predicted octanol–water partition coefficient (Wildman–Crippen LogP) is 0.520. The number of hydrogen-bond donors (Lipinski definition) is 0. The SMILES string of the molecule is COC(=O)C(C)C(C)N=C=O. The van der Waals surface area contributed by atoms with Gasteiger partial charge in [-0.15, -0.1) is 0 Å². The normalized spacial score (nSPS) is 14.5. The summed E-state index contributed by atoms with van der Waals surface area (Å²) in [5.74, 6) is -0.752.